The van der Waals surface area contributed by atoms with E-state index >= 15 is 0 Å². The monoisotopic (exact) mass is 889 g/mol. The summed E-state index contributed by atoms with van der Waals surface area (Å²) in [5.74, 6) is 1.86. The zero-order valence-electron chi connectivity index (χ0n) is 37.1. The van der Waals surface area contributed by atoms with Crippen LogP contribution in [0.4, 0.5) is 0 Å². The first-order valence-electron chi connectivity index (χ1n) is 22.8. The number of hydrogen-bond donors (Lipinski definition) is 0. The van der Waals surface area contributed by atoms with Gasteiger partial charge < -0.3 is 4.57 Å². The Morgan fingerprint density at radius 1 is 0.191 bits per heavy atom. The van der Waals surface area contributed by atoms with E-state index < -0.39 is 7.14 Å². The van der Waals surface area contributed by atoms with Crippen molar-refractivity contribution in [2.24, 2.45) is 0 Å². The van der Waals surface area contributed by atoms with Crippen LogP contribution in [0.3, 0.4) is 0 Å². The summed E-state index contributed by atoms with van der Waals surface area (Å²) in [6, 6.07) is 91.2. The summed E-state index contributed by atoms with van der Waals surface area (Å²) >= 11 is 0. The molecule has 0 aliphatic rings. The normalized spacial score (nSPS) is 11.3. The van der Waals surface area contributed by atoms with Crippen molar-refractivity contribution < 1.29 is 4.57 Å². The molecule has 0 aliphatic carbocycles. The predicted molar refractivity (Wildman–Crippen MR) is 283 cm³/mol. The maximum absolute atomic E-state index is 14.8. The Kier molecular flexibility index (Phi) is 11.6. The van der Waals surface area contributed by atoms with Crippen LogP contribution in [0.15, 0.2) is 267 Å². The van der Waals surface area contributed by atoms with E-state index in [0.29, 0.717) is 17.5 Å². The molecule has 68 heavy (non-hydrogen) atoms. The Hall–Kier alpha value is -8.56. The molecule has 0 aliphatic heterocycles. The van der Waals surface area contributed by atoms with Crippen LogP contribution in [0, 0.1) is 0 Å². The molecule has 0 fully saturated rings. The van der Waals surface area contributed by atoms with E-state index in [9.17, 15) is 4.57 Å². The summed E-state index contributed by atoms with van der Waals surface area (Å²) in [6.45, 7) is 0. The topological polar surface area (TPSA) is 55.7 Å². The Morgan fingerprint density at radius 3 is 0.618 bits per heavy atom. The van der Waals surface area contributed by atoms with Gasteiger partial charge in [-0.2, -0.15) is 0 Å². The number of nitrogens with zero attached hydrogens (tertiary/aromatic N) is 3. The molecular formula is C63H44N3OP. The summed E-state index contributed by atoms with van der Waals surface area (Å²) in [6.07, 6.45) is 0. The highest BCUT2D eigenvalue weighted by atomic mass is 31.2. The van der Waals surface area contributed by atoms with E-state index in [1.54, 1.807) is 0 Å². The number of rotatable bonds is 11. The van der Waals surface area contributed by atoms with Crippen molar-refractivity contribution in [1.82, 2.24) is 15.0 Å². The standard InChI is InChI=1S/C63H44N3OP/c67-68(58-17-9-3-10-18-58,59-19-11-4-12-20-59)60-43-41-54(42-44-60)52-27-25-50(26-28-52)49-21-23-51(24-22-49)53-33-39-57(40-34-53)63-65-61(55-35-29-47(30-36-55)45-13-5-1-6-14-45)64-62(66-63)56-37-31-48(32-38-56)46-15-7-2-8-16-46/h1-44H. The fourth-order valence-corrected chi connectivity index (χ4v) is 11.4. The van der Waals surface area contributed by atoms with Crippen LogP contribution in [0.2, 0.25) is 0 Å². The zero-order chi connectivity index (χ0) is 45.7. The van der Waals surface area contributed by atoms with Crippen molar-refractivity contribution >= 4 is 23.1 Å². The van der Waals surface area contributed by atoms with E-state index in [-0.39, 0.29) is 0 Å². The van der Waals surface area contributed by atoms with Gasteiger partial charge in [0.05, 0.1) is 0 Å². The lowest BCUT2D eigenvalue weighted by Crippen LogP contribution is -2.24. The largest absolute Gasteiger partial charge is 0.309 e. The second kappa shape index (κ2) is 18.7. The number of benzene rings is 10. The average Bonchev–Trinajstić information content (AvgIpc) is 3.44. The smallest absolute Gasteiger partial charge is 0.171 e. The fraction of sp³-hybridized carbons (Fsp3) is 0. The van der Waals surface area contributed by atoms with Gasteiger partial charge in [-0.05, 0) is 55.6 Å². The molecule has 0 atom stereocenters. The SMILES string of the molecule is O=P(c1ccccc1)(c1ccccc1)c1ccc(-c2ccc(-c3ccc(-c4ccc(-c5nc(-c6ccc(-c7ccccc7)cc6)nc(-c6ccc(-c7ccccc7)cc6)n5)cc4)cc3)cc2)cc1. The van der Waals surface area contributed by atoms with Crippen molar-refractivity contribution in [3.8, 4) is 89.8 Å². The van der Waals surface area contributed by atoms with Crippen LogP contribution in [-0.4, -0.2) is 15.0 Å². The summed E-state index contributed by atoms with van der Waals surface area (Å²) in [7, 11) is -3.03. The second-order valence-corrected chi connectivity index (χ2v) is 19.5. The molecule has 4 nitrogen and oxygen atoms in total. The van der Waals surface area contributed by atoms with Gasteiger partial charge in [0, 0.05) is 32.6 Å². The van der Waals surface area contributed by atoms with Gasteiger partial charge in [-0.1, -0.05) is 267 Å². The second-order valence-electron chi connectivity index (χ2n) is 16.8. The Labute approximate surface area is 397 Å². The van der Waals surface area contributed by atoms with Crippen molar-refractivity contribution in [3.05, 3.63) is 267 Å². The third kappa shape index (κ3) is 8.65. The quantitative estimate of drug-likeness (QED) is 0.121. The van der Waals surface area contributed by atoms with Crippen LogP contribution in [-0.2, 0) is 4.57 Å². The van der Waals surface area contributed by atoms with Crippen molar-refractivity contribution in [1.29, 1.82) is 0 Å². The van der Waals surface area contributed by atoms with Crippen molar-refractivity contribution in [2.45, 2.75) is 0 Å². The molecule has 0 saturated carbocycles. The van der Waals surface area contributed by atoms with Gasteiger partial charge in [0.2, 0.25) is 0 Å². The minimum absolute atomic E-state index is 0.616. The Balaban J connectivity index is 0.830. The molecule has 0 N–H and O–H groups in total. The molecule has 10 aromatic carbocycles. The predicted octanol–water partition coefficient (Wildman–Crippen LogP) is 14.8. The average molecular weight is 890 g/mol. The van der Waals surface area contributed by atoms with Crippen LogP contribution in [0.1, 0.15) is 0 Å². The zero-order valence-corrected chi connectivity index (χ0v) is 38.0. The maximum Gasteiger partial charge on any atom is 0.171 e. The molecule has 11 aromatic rings. The summed E-state index contributed by atoms with van der Waals surface area (Å²) in [4.78, 5) is 15.1. The van der Waals surface area contributed by atoms with Gasteiger partial charge in [0.1, 0.15) is 0 Å². The first-order valence-corrected chi connectivity index (χ1v) is 24.5. The van der Waals surface area contributed by atoms with Crippen LogP contribution in [0.25, 0.3) is 89.8 Å². The Morgan fingerprint density at radius 2 is 0.368 bits per heavy atom. The highest BCUT2D eigenvalue weighted by molar-refractivity contribution is 7.85. The highest BCUT2D eigenvalue weighted by Gasteiger charge is 2.29. The van der Waals surface area contributed by atoms with Crippen LogP contribution >= 0.6 is 7.14 Å². The summed E-state index contributed by atoms with van der Waals surface area (Å²) < 4.78 is 14.8. The number of hydrogen-bond acceptors (Lipinski definition) is 4. The molecule has 322 valence electrons. The molecule has 0 amide bonds. The van der Waals surface area contributed by atoms with Gasteiger partial charge in [0.15, 0.2) is 24.6 Å². The third-order valence-electron chi connectivity index (χ3n) is 12.5. The van der Waals surface area contributed by atoms with E-state index in [1.807, 2.05) is 84.9 Å². The van der Waals surface area contributed by atoms with E-state index in [0.717, 1.165) is 88.2 Å². The minimum atomic E-state index is -3.03. The highest BCUT2D eigenvalue weighted by Crippen LogP contribution is 2.43. The lowest BCUT2D eigenvalue weighted by molar-refractivity contribution is 0.592. The lowest BCUT2D eigenvalue weighted by atomic mass is 9.97. The first-order chi connectivity index (χ1) is 33.5. The summed E-state index contributed by atoms with van der Waals surface area (Å²) in [5, 5.41) is 2.48. The fourth-order valence-electron chi connectivity index (χ4n) is 8.76. The molecule has 5 heteroatoms. The molecule has 1 heterocycles. The van der Waals surface area contributed by atoms with Crippen molar-refractivity contribution in [2.75, 3.05) is 0 Å². The van der Waals surface area contributed by atoms with E-state index in [4.69, 9.17) is 15.0 Å². The van der Waals surface area contributed by atoms with Gasteiger partial charge in [0.25, 0.3) is 0 Å². The lowest BCUT2D eigenvalue weighted by Gasteiger charge is -2.20. The van der Waals surface area contributed by atoms with Gasteiger partial charge in [-0.15, -0.1) is 0 Å². The molecular weight excluding hydrogens is 846 g/mol. The van der Waals surface area contributed by atoms with Crippen molar-refractivity contribution in [3.63, 3.8) is 0 Å². The summed E-state index contributed by atoms with van der Waals surface area (Å²) in [5.41, 5.74) is 14.0. The third-order valence-corrected chi connectivity index (χ3v) is 15.6. The molecule has 11 rings (SSSR count). The van der Waals surface area contributed by atoms with E-state index in [1.165, 1.54) is 0 Å². The van der Waals surface area contributed by atoms with Gasteiger partial charge in [-0.25, -0.2) is 15.0 Å². The van der Waals surface area contributed by atoms with Crippen LogP contribution < -0.4 is 15.9 Å². The molecule has 1 aromatic heterocycles. The minimum Gasteiger partial charge on any atom is -0.309 e. The molecule has 0 unspecified atom stereocenters. The van der Waals surface area contributed by atoms with E-state index in [2.05, 4.69) is 182 Å². The molecule has 0 bridgehead atoms. The molecule has 0 saturated heterocycles. The molecule has 0 spiro atoms. The number of aromatic nitrogens is 3. The van der Waals surface area contributed by atoms with Crippen LogP contribution in [0.5, 0.6) is 0 Å². The van der Waals surface area contributed by atoms with Gasteiger partial charge in [-0.3, -0.25) is 0 Å². The molecule has 0 radical (unpaired) electrons. The maximum atomic E-state index is 14.8. The van der Waals surface area contributed by atoms with Gasteiger partial charge >= 0.3 is 0 Å². The Bertz CT molecular complexity index is 3350. The first kappa shape index (κ1) is 42.1.